The molecule has 0 spiro atoms. The molecule has 1 aliphatic heterocycles. The molecule has 0 N–H and O–H groups in total. The standard InChI is InChI=1S/C34H26Si/c1-6-16-26(17-7-1)31-32(27-18-8-2-9-19-27)34(29-22-12-4-13-23-29)35(30-24-14-5-15-25-30)33(31)28-20-10-3-11-21-28/h1-25,33H. The normalized spacial score (nSPS) is 15.5. The highest BCUT2D eigenvalue weighted by Gasteiger charge is 2.37. The van der Waals surface area contributed by atoms with Crippen molar-refractivity contribution >= 4 is 29.9 Å². The quantitative estimate of drug-likeness (QED) is 0.244. The second-order valence-corrected chi connectivity index (χ2v) is 11.4. The van der Waals surface area contributed by atoms with Crippen molar-refractivity contribution in [1.29, 1.82) is 0 Å². The van der Waals surface area contributed by atoms with Gasteiger partial charge in [-0.05, 0) is 43.8 Å². The first-order valence-corrected chi connectivity index (χ1v) is 13.7. The average molecular weight is 463 g/mol. The van der Waals surface area contributed by atoms with Gasteiger partial charge < -0.3 is 0 Å². The molecule has 0 aliphatic carbocycles. The summed E-state index contributed by atoms with van der Waals surface area (Å²) in [6, 6.07) is 55.4. The largest absolute Gasteiger partial charge is 0.0682 e. The maximum atomic E-state index is 2.34. The third kappa shape index (κ3) is 4.05. The molecule has 5 aromatic carbocycles. The summed E-state index contributed by atoms with van der Waals surface area (Å²) in [4.78, 5) is 0. The predicted octanol–water partition coefficient (Wildman–Crippen LogP) is 7.14. The summed E-state index contributed by atoms with van der Waals surface area (Å²) in [5.41, 5.74) is 8.47. The minimum atomic E-state index is -1.22. The van der Waals surface area contributed by atoms with Gasteiger partial charge in [0.05, 0.1) is 8.41 Å². The summed E-state index contributed by atoms with van der Waals surface area (Å²) in [6.07, 6.45) is 0. The number of benzene rings is 5. The van der Waals surface area contributed by atoms with Crippen molar-refractivity contribution < 1.29 is 0 Å². The Morgan fingerprint density at radius 2 is 0.829 bits per heavy atom. The molecule has 0 saturated carbocycles. The Bertz CT molecular complexity index is 1390. The second kappa shape index (κ2) is 9.66. The van der Waals surface area contributed by atoms with Gasteiger partial charge in [-0.2, -0.15) is 0 Å². The van der Waals surface area contributed by atoms with E-state index >= 15 is 0 Å². The van der Waals surface area contributed by atoms with Gasteiger partial charge in [-0.25, -0.2) is 0 Å². The fourth-order valence-corrected chi connectivity index (χ4v) is 8.96. The van der Waals surface area contributed by atoms with Gasteiger partial charge in [0.15, 0.2) is 0 Å². The van der Waals surface area contributed by atoms with Crippen LogP contribution in [0.2, 0.25) is 0 Å². The molecular weight excluding hydrogens is 436 g/mol. The highest BCUT2D eigenvalue weighted by Crippen LogP contribution is 2.45. The fourth-order valence-electron chi connectivity index (χ4n) is 5.35. The molecule has 0 fully saturated rings. The molecule has 1 heteroatoms. The van der Waals surface area contributed by atoms with Crippen LogP contribution in [-0.2, 0) is 0 Å². The Kier molecular flexibility index (Phi) is 5.92. The van der Waals surface area contributed by atoms with E-state index in [-0.39, 0.29) is 0 Å². The summed E-state index contributed by atoms with van der Waals surface area (Å²) >= 11 is 0. The van der Waals surface area contributed by atoms with E-state index in [2.05, 4.69) is 152 Å². The third-order valence-electron chi connectivity index (χ3n) is 6.79. The number of hydrogen-bond donors (Lipinski definition) is 0. The summed E-state index contributed by atoms with van der Waals surface area (Å²) in [5.74, 6) is 0. The Hall–Kier alpha value is -4.07. The SMILES string of the molecule is c1ccc(C2=C(c3ccccc3)C(c3ccccc3)[Si](c3ccccc3)=C2c2ccccc2)cc1. The summed E-state index contributed by atoms with van der Waals surface area (Å²) < 4.78 is 0. The van der Waals surface area contributed by atoms with Crippen molar-refractivity contribution in [2.75, 3.05) is 0 Å². The maximum Gasteiger partial charge on any atom is 0.0682 e. The van der Waals surface area contributed by atoms with Crippen LogP contribution in [0.4, 0.5) is 0 Å². The zero-order valence-electron chi connectivity index (χ0n) is 19.5. The zero-order chi connectivity index (χ0) is 23.5. The van der Waals surface area contributed by atoms with Crippen LogP contribution < -0.4 is 5.19 Å². The molecule has 5 aromatic rings. The first-order chi connectivity index (χ1) is 17.4. The van der Waals surface area contributed by atoms with Gasteiger partial charge in [-0.15, -0.1) is 0 Å². The van der Waals surface area contributed by atoms with Crippen LogP contribution in [0.5, 0.6) is 0 Å². The molecule has 1 unspecified atom stereocenters. The molecule has 0 radical (unpaired) electrons. The van der Waals surface area contributed by atoms with Crippen molar-refractivity contribution in [1.82, 2.24) is 0 Å². The Morgan fingerprint density at radius 3 is 1.37 bits per heavy atom. The fraction of sp³-hybridized carbons (Fsp3) is 0.0294. The molecule has 0 nitrogen and oxygen atoms in total. The van der Waals surface area contributed by atoms with Crippen LogP contribution in [-0.4, -0.2) is 13.6 Å². The zero-order valence-corrected chi connectivity index (χ0v) is 20.5. The number of hydrogen-bond acceptors (Lipinski definition) is 0. The summed E-state index contributed by atoms with van der Waals surface area (Å²) in [7, 11) is -1.22. The lowest BCUT2D eigenvalue weighted by Gasteiger charge is -2.21. The molecule has 0 bridgehead atoms. The van der Waals surface area contributed by atoms with E-state index in [1.54, 1.807) is 0 Å². The maximum absolute atomic E-state index is 2.34. The predicted molar refractivity (Wildman–Crippen MR) is 151 cm³/mol. The molecule has 0 saturated heterocycles. The molecule has 35 heavy (non-hydrogen) atoms. The third-order valence-corrected chi connectivity index (χ3v) is 10.0. The molecule has 0 amide bonds. The van der Waals surface area contributed by atoms with Gasteiger partial charge in [-0.3, -0.25) is 0 Å². The summed E-state index contributed by atoms with van der Waals surface area (Å²) in [5, 5.41) is 2.95. The molecular formula is C34H26Si. The van der Waals surface area contributed by atoms with E-state index in [1.165, 1.54) is 43.8 Å². The van der Waals surface area contributed by atoms with Gasteiger partial charge in [0.1, 0.15) is 0 Å². The van der Waals surface area contributed by atoms with Crippen molar-refractivity contribution in [3.05, 3.63) is 174 Å². The highest BCUT2D eigenvalue weighted by atomic mass is 28.2. The Labute approximate surface area is 209 Å². The van der Waals surface area contributed by atoms with E-state index in [0.717, 1.165) is 0 Å². The van der Waals surface area contributed by atoms with Crippen LogP contribution >= 0.6 is 0 Å². The van der Waals surface area contributed by atoms with Crippen molar-refractivity contribution in [3.63, 3.8) is 0 Å². The van der Waals surface area contributed by atoms with Crippen LogP contribution in [0.1, 0.15) is 27.8 Å². The van der Waals surface area contributed by atoms with Gasteiger partial charge in [0.2, 0.25) is 0 Å². The van der Waals surface area contributed by atoms with Gasteiger partial charge in [-0.1, -0.05) is 152 Å². The number of allylic oxidation sites excluding steroid dienone is 2. The average Bonchev–Trinajstić information content (AvgIpc) is 3.32. The van der Waals surface area contributed by atoms with Crippen LogP contribution in [0, 0.1) is 0 Å². The van der Waals surface area contributed by atoms with E-state index < -0.39 is 8.41 Å². The lowest BCUT2D eigenvalue weighted by atomic mass is 9.87. The van der Waals surface area contributed by atoms with Crippen molar-refractivity contribution in [3.8, 4) is 0 Å². The van der Waals surface area contributed by atoms with Crippen molar-refractivity contribution in [2.45, 2.75) is 5.54 Å². The molecule has 6 rings (SSSR count). The lowest BCUT2D eigenvalue weighted by Crippen LogP contribution is -2.33. The topological polar surface area (TPSA) is 0 Å². The molecule has 1 heterocycles. The molecule has 1 atom stereocenters. The van der Waals surface area contributed by atoms with Gasteiger partial charge >= 0.3 is 0 Å². The van der Waals surface area contributed by atoms with E-state index in [1.807, 2.05) is 0 Å². The van der Waals surface area contributed by atoms with Crippen LogP contribution in [0.25, 0.3) is 11.1 Å². The lowest BCUT2D eigenvalue weighted by molar-refractivity contribution is 1.22. The van der Waals surface area contributed by atoms with Crippen molar-refractivity contribution in [2.24, 2.45) is 0 Å². The van der Waals surface area contributed by atoms with E-state index in [4.69, 9.17) is 0 Å². The van der Waals surface area contributed by atoms with Gasteiger partial charge in [0, 0.05) is 5.54 Å². The molecule has 1 aliphatic rings. The van der Waals surface area contributed by atoms with Crippen LogP contribution in [0.15, 0.2) is 152 Å². The molecule has 0 aromatic heterocycles. The minimum Gasteiger partial charge on any atom is -0.0623 e. The monoisotopic (exact) mass is 462 g/mol. The van der Waals surface area contributed by atoms with Crippen LogP contribution in [0.3, 0.4) is 0 Å². The Morgan fingerprint density at radius 1 is 0.400 bits per heavy atom. The Balaban J connectivity index is 1.77. The highest BCUT2D eigenvalue weighted by molar-refractivity contribution is 6.94. The van der Waals surface area contributed by atoms with E-state index in [0.29, 0.717) is 5.54 Å². The first-order valence-electron chi connectivity index (χ1n) is 12.2. The minimum absolute atomic E-state index is 0.302. The van der Waals surface area contributed by atoms with E-state index in [9.17, 15) is 0 Å². The molecule has 166 valence electrons. The first kappa shape index (κ1) is 21.5. The number of rotatable bonds is 5. The summed E-state index contributed by atoms with van der Waals surface area (Å²) in [6.45, 7) is 0. The second-order valence-electron chi connectivity index (χ2n) is 8.89. The smallest absolute Gasteiger partial charge is 0.0623 e. The van der Waals surface area contributed by atoms with Gasteiger partial charge in [0.25, 0.3) is 0 Å².